The molecule has 0 aliphatic carbocycles. The van der Waals surface area contributed by atoms with Gasteiger partial charge in [-0.25, -0.2) is 5.84 Å². The van der Waals surface area contributed by atoms with Crippen LogP contribution in [0.25, 0.3) is 0 Å². The highest BCUT2D eigenvalue weighted by Gasteiger charge is 2.41. The Morgan fingerprint density at radius 3 is 2.90 bits per heavy atom. The molecular weight excluding hydrogens is 275 g/mol. The maximum atomic E-state index is 12.7. The van der Waals surface area contributed by atoms with E-state index in [0.29, 0.717) is 18.7 Å². The lowest BCUT2D eigenvalue weighted by atomic mass is 9.97. The monoisotopic (exact) mass is 291 g/mol. The number of hydrazine groups is 1. The number of carbonyl (C=O) groups excluding carboxylic acids is 1. The number of nitrogens with two attached hydrogens (primary N) is 1. The van der Waals surface area contributed by atoms with E-state index in [2.05, 4.69) is 0 Å². The fourth-order valence-corrected chi connectivity index (χ4v) is 2.34. The number of halogens is 3. The summed E-state index contributed by atoms with van der Waals surface area (Å²) in [5.74, 6) is 3.61. The van der Waals surface area contributed by atoms with Gasteiger partial charge in [0.15, 0.2) is 5.76 Å². The van der Waals surface area contributed by atoms with Crippen LogP contribution in [0.5, 0.6) is 0 Å². The number of hydrogen-bond acceptors (Lipinski definition) is 4. The molecule has 1 aromatic rings. The lowest BCUT2D eigenvalue weighted by Crippen LogP contribution is -2.41. The van der Waals surface area contributed by atoms with Gasteiger partial charge in [-0.3, -0.25) is 15.1 Å². The first-order valence-electron chi connectivity index (χ1n) is 6.29. The molecular formula is C12H16F3N3O2. The molecule has 1 unspecified atom stereocenters. The first-order chi connectivity index (χ1) is 9.40. The van der Waals surface area contributed by atoms with E-state index in [1.54, 1.807) is 11.0 Å². The second-order valence-electron chi connectivity index (χ2n) is 4.86. The molecule has 2 heterocycles. The van der Waals surface area contributed by atoms with E-state index < -0.39 is 18.0 Å². The van der Waals surface area contributed by atoms with Gasteiger partial charge in [0.05, 0.1) is 12.5 Å². The fraction of sp³-hybridized carbons (Fsp3) is 0.583. The van der Waals surface area contributed by atoms with E-state index in [1.807, 2.05) is 5.43 Å². The number of carbonyl (C=O) groups is 1. The van der Waals surface area contributed by atoms with Crippen LogP contribution in [0.15, 0.2) is 16.5 Å². The van der Waals surface area contributed by atoms with E-state index in [0.717, 1.165) is 0 Å². The highest BCUT2D eigenvalue weighted by atomic mass is 19.4. The van der Waals surface area contributed by atoms with Crippen LogP contribution in [0, 0.1) is 5.92 Å². The lowest BCUT2D eigenvalue weighted by Gasteiger charge is -2.33. The second kappa shape index (κ2) is 5.84. The Morgan fingerprint density at radius 1 is 1.50 bits per heavy atom. The molecule has 1 saturated heterocycles. The summed E-state index contributed by atoms with van der Waals surface area (Å²) in [5, 5.41) is 0. The Morgan fingerprint density at radius 2 is 2.25 bits per heavy atom. The molecule has 1 fully saturated rings. The number of likely N-dealkylation sites (tertiary alicyclic amines) is 1. The predicted octanol–water partition coefficient (Wildman–Crippen LogP) is 1.66. The normalized spacial score (nSPS) is 20.9. The molecule has 1 aliphatic heterocycles. The van der Waals surface area contributed by atoms with E-state index in [9.17, 15) is 18.0 Å². The van der Waals surface area contributed by atoms with Crippen LogP contribution >= 0.6 is 0 Å². The van der Waals surface area contributed by atoms with Crippen LogP contribution in [0.4, 0.5) is 13.2 Å². The molecule has 8 heteroatoms. The molecule has 1 amide bonds. The quantitative estimate of drug-likeness (QED) is 0.505. The third kappa shape index (κ3) is 3.51. The number of hydrogen-bond donors (Lipinski definition) is 2. The van der Waals surface area contributed by atoms with Gasteiger partial charge in [-0.1, -0.05) is 0 Å². The molecule has 0 radical (unpaired) electrons. The molecule has 0 aromatic carbocycles. The Hall–Kier alpha value is -1.54. The van der Waals surface area contributed by atoms with Gasteiger partial charge in [-0.15, -0.1) is 0 Å². The number of nitrogen functional groups attached to an aromatic ring is 1. The summed E-state index contributed by atoms with van der Waals surface area (Å²) in [6, 6.07) is 3.02. The van der Waals surface area contributed by atoms with Gasteiger partial charge in [0.25, 0.3) is 0 Å². The van der Waals surface area contributed by atoms with E-state index in [4.69, 9.17) is 10.3 Å². The third-order valence-corrected chi connectivity index (χ3v) is 3.36. The minimum Gasteiger partial charge on any atom is -0.455 e. The first kappa shape index (κ1) is 14.9. The van der Waals surface area contributed by atoms with E-state index >= 15 is 0 Å². The number of nitrogens with zero attached hydrogens (tertiary/aromatic N) is 1. The van der Waals surface area contributed by atoms with Gasteiger partial charge in [0.2, 0.25) is 0 Å². The van der Waals surface area contributed by atoms with Crippen LogP contribution < -0.4 is 11.3 Å². The standard InChI is InChI=1S/C12H16F3N3O2/c13-12(14,15)8-2-1-5-18(6-8)7-9-3-4-10(20-9)11(19)17-16/h3-4,8H,1-2,5-7,16H2,(H,17,19). The Kier molecular flexibility index (Phi) is 4.34. The molecule has 3 N–H and O–H groups in total. The zero-order valence-electron chi connectivity index (χ0n) is 10.7. The molecule has 0 bridgehead atoms. The van der Waals surface area contributed by atoms with Crippen molar-refractivity contribution in [1.29, 1.82) is 0 Å². The summed E-state index contributed by atoms with van der Waals surface area (Å²) >= 11 is 0. The second-order valence-corrected chi connectivity index (χ2v) is 4.86. The van der Waals surface area contributed by atoms with Gasteiger partial charge in [-0.2, -0.15) is 13.2 Å². The number of rotatable bonds is 3. The Balaban J connectivity index is 1.96. The Labute approximate surface area is 113 Å². The lowest BCUT2D eigenvalue weighted by molar-refractivity contribution is -0.187. The molecule has 112 valence electrons. The van der Waals surface area contributed by atoms with Gasteiger partial charge >= 0.3 is 12.1 Å². The van der Waals surface area contributed by atoms with Gasteiger partial charge in [0, 0.05) is 6.54 Å². The third-order valence-electron chi connectivity index (χ3n) is 3.36. The molecule has 20 heavy (non-hydrogen) atoms. The van der Waals surface area contributed by atoms with Gasteiger partial charge in [-0.05, 0) is 31.5 Å². The van der Waals surface area contributed by atoms with Crippen molar-refractivity contribution in [1.82, 2.24) is 10.3 Å². The predicted molar refractivity (Wildman–Crippen MR) is 64.4 cm³/mol. The van der Waals surface area contributed by atoms with Gasteiger partial charge in [0.1, 0.15) is 5.76 Å². The summed E-state index contributed by atoms with van der Waals surface area (Å²) in [6.07, 6.45) is -3.49. The Bertz CT molecular complexity index is 473. The average Bonchev–Trinajstić information content (AvgIpc) is 2.85. The molecule has 1 aliphatic rings. The summed E-state index contributed by atoms with van der Waals surface area (Å²) in [7, 11) is 0. The molecule has 1 aromatic heterocycles. The van der Waals surface area contributed by atoms with Crippen LogP contribution in [0.1, 0.15) is 29.2 Å². The van der Waals surface area contributed by atoms with Crippen molar-refractivity contribution in [2.75, 3.05) is 13.1 Å². The van der Waals surface area contributed by atoms with E-state index in [-0.39, 0.29) is 25.3 Å². The van der Waals surface area contributed by atoms with Crippen molar-refractivity contribution in [2.24, 2.45) is 11.8 Å². The van der Waals surface area contributed by atoms with Crippen molar-refractivity contribution >= 4 is 5.91 Å². The SMILES string of the molecule is NNC(=O)c1ccc(CN2CCCC(C(F)(F)F)C2)o1. The first-order valence-corrected chi connectivity index (χ1v) is 6.29. The molecule has 0 saturated carbocycles. The zero-order valence-corrected chi connectivity index (χ0v) is 10.7. The fourth-order valence-electron chi connectivity index (χ4n) is 2.34. The minimum absolute atomic E-state index is 0.0391. The number of piperidine rings is 1. The number of furan rings is 1. The van der Waals surface area contributed by atoms with Crippen LogP contribution in [-0.4, -0.2) is 30.1 Å². The average molecular weight is 291 g/mol. The van der Waals surface area contributed by atoms with Crippen molar-refractivity contribution in [3.05, 3.63) is 23.7 Å². The van der Waals surface area contributed by atoms with Crippen LogP contribution in [-0.2, 0) is 6.54 Å². The topological polar surface area (TPSA) is 71.5 Å². The number of amides is 1. The number of alkyl halides is 3. The minimum atomic E-state index is -4.16. The van der Waals surface area contributed by atoms with E-state index in [1.165, 1.54) is 6.07 Å². The summed E-state index contributed by atoms with van der Waals surface area (Å²) < 4.78 is 43.3. The van der Waals surface area contributed by atoms with Crippen LogP contribution in [0.3, 0.4) is 0 Å². The smallest absolute Gasteiger partial charge is 0.393 e. The zero-order chi connectivity index (χ0) is 14.8. The largest absolute Gasteiger partial charge is 0.455 e. The molecule has 0 spiro atoms. The maximum Gasteiger partial charge on any atom is 0.393 e. The van der Waals surface area contributed by atoms with Crippen molar-refractivity contribution in [3.8, 4) is 0 Å². The van der Waals surface area contributed by atoms with Gasteiger partial charge < -0.3 is 4.42 Å². The van der Waals surface area contributed by atoms with Crippen molar-refractivity contribution in [3.63, 3.8) is 0 Å². The van der Waals surface area contributed by atoms with Crippen LogP contribution in [0.2, 0.25) is 0 Å². The van der Waals surface area contributed by atoms with Crippen molar-refractivity contribution < 1.29 is 22.4 Å². The highest BCUT2D eigenvalue weighted by Crippen LogP contribution is 2.33. The summed E-state index contributed by atoms with van der Waals surface area (Å²) in [6.45, 7) is 0.804. The maximum absolute atomic E-state index is 12.7. The van der Waals surface area contributed by atoms with Crippen molar-refractivity contribution in [2.45, 2.75) is 25.6 Å². The molecule has 2 rings (SSSR count). The summed E-state index contributed by atoms with van der Waals surface area (Å²) in [4.78, 5) is 12.9. The number of nitrogens with one attached hydrogen (secondary N) is 1. The molecule has 5 nitrogen and oxygen atoms in total. The summed E-state index contributed by atoms with van der Waals surface area (Å²) in [5.41, 5.74) is 1.93. The molecule has 1 atom stereocenters. The highest BCUT2D eigenvalue weighted by molar-refractivity contribution is 5.90.